The van der Waals surface area contributed by atoms with Crippen molar-refractivity contribution in [3.05, 3.63) is 34.9 Å². The van der Waals surface area contributed by atoms with Crippen molar-refractivity contribution in [2.75, 3.05) is 6.61 Å². The van der Waals surface area contributed by atoms with Crippen LogP contribution in [0.1, 0.15) is 12.5 Å². The van der Waals surface area contributed by atoms with E-state index in [0.29, 0.717) is 12.7 Å². The summed E-state index contributed by atoms with van der Waals surface area (Å²) >= 11 is 5.77. The van der Waals surface area contributed by atoms with E-state index in [1.54, 1.807) is 0 Å². The Hall–Kier alpha value is -0.570. The van der Waals surface area contributed by atoms with Crippen molar-refractivity contribution >= 4 is 11.6 Å². The fraction of sp³-hybridized carbons (Fsp3) is 0.455. The van der Waals surface area contributed by atoms with Crippen molar-refractivity contribution in [2.24, 2.45) is 0 Å². The van der Waals surface area contributed by atoms with Crippen molar-refractivity contribution < 1.29 is 9.47 Å². The zero-order chi connectivity index (χ0) is 9.97. The number of ether oxygens (including phenoxy) is 2. The van der Waals surface area contributed by atoms with E-state index in [1.165, 1.54) is 0 Å². The summed E-state index contributed by atoms with van der Waals surface area (Å²) in [6, 6.07) is 7.70. The zero-order valence-corrected chi connectivity index (χ0v) is 8.83. The molecule has 2 atom stereocenters. The first-order valence-electron chi connectivity index (χ1n) is 4.73. The summed E-state index contributed by atoms with van der Waals surface area (Å²) < 4.78 is 10.8. The molecule has 0 spiro atoms. The molecule has 0 amide bonds. The molecular formula is C11H13ClO2. The normalized spacial score (nSPS) is 22.0. The number of epoxide rings is 1. The first-order chi connectivity index (χ1) is 6.75. The van der Waals surface area contributed by atoms with E-state index in [-0.39, 0.29) is 6.10 Å². The van der Waals surface area contributed by atoms with Gasteiger partial charge in [0.2, 0.25) is 0 Å². The van der Waals surface area contributed by atoms with Gasteiger partial charge in [0.1, 0.15) is 6.10 Å². The lowest BCUT2D eigenvalue weighted by atomic mass is 10.2. The Morgan fingerprint density at radius 1 is 1.50 bits per heavy atom. The van der Waals surface area contributed by atoms with E-state index in [4.69, 9.17) is 21.1 Å². The summed E-state index contributed by atoms with van der Waals surface area (Å²) in [7, 11) is 0. The zero-order valence-electron chi connectivity index (χ0n) is 8.07. The summed E-state index contributed by atoms with van der Waals surface area (Å²) in [5, 5.41) is 0.757. The molecule has 0 unspecified atom stereocenters. The maximum absolute atomic E-state index is 5.77. The molecule has 0 saturated carbocycles. The molecule has 0 aliphatic carbocycles. The monoisotopic (exact) mass is 212 g/mol. The molecule has 1 saturated heterocycles. The van der Waals surface area contributed by atoms with Crippen molar-refractivity contribution in [1.82, 2.24) is 0 Å². The molecule has 1 aliphatic heterocycles. The Balaban J connectivity index is 1.82. The van der Waals surface area contributed by atoms with Crippen LogP contribution in [0.3, 0.4) is 0 Å². The van der Waals surface area contributed by atoms with Gasteiger partial charge in [0.05, 0.1) is 19.3 Å². The highest BCUT2D eigenvalue weighted by atomic mass is 35.5. The van der Waals surface area contributed by atoms with E-state index in [9.17, 15) is 0 Å². The Morgan fingerprint density at radius 3 is 2.71 bits per heavy atom. The van der Waals surface area contributed by atoms with Crippen LogP contribution < -0.4 is 0 Å². The summed E-state index contributed by atoms with van der Waals surface area (Å²) in [5.41, 5.74) is 1.14. The number of hydrogen-bond donors (Lipinski definition) is 0. The summed E-state index contributed by atoms with van der Waals surface area (Å²) in [5.74, 6) is 0. The minimum atomic E-state index is 0.186. The highest BCUT2D eigenvalue weighted by molar-refractivity contribution is 6.30. The van der Waals surface area contributed by atoms with Gasteiger partial charge in [-0.25, -0.2) is 0 Å². The first kappa shape index (κ1) is 9.97. The summed E-state index contributed by atoms with van der Waals surface area (Å²) in [6.07, 6.45) is 0.493. The summed E-state index contributed by atoms with van der Waals surface area (Å²) in [6.45, 7) is 3.49. The molecule has 1 aromatic carbocycles. The average Bonchev–Trinajstić information content (AvgIpc) is 3.00. The minimum Gasteiger partial charge on any atom is -0.371 e. The largest absolute Gasteiger partial charge is 0.371 e. The molecule has 0 aromatic heterocycles. The van der Waals surface area contributed by atoms with Gasteiger partial charge < -0.3 is 9.47 Å². The van der Waals surface area contributed by atoms with Gasteiger partial charge in [0.25, 0.3) is 0 Å². The van der Waals surface area contributed by atoms with Crippen LogP contribution in [0.4, 0.5) is 0 Å². The molecule has 3 heteroatoms. The van der Waals surface area contributed by atoms with E-state index < -0.39 is 0 Å². The molecule has 0 radical (unpaired) electrons. The van der Waals surface area contributed by atoms with Crippen molar-refractivity contribution in [3.63, 3.8) is 0 Å². The molecule has 76 valence electrons. The van der Waals surface area contributed by atoms with Gasteiger partial charge >= 0.3 is 0 Å². The smallest absolute Gasteiger partial charge is 0.107 e. The van der Waals surface area contributed by atoms with Crippen LogP contribution in [0.15, 0.2) is 24.3 Å². The lowest BCUT2D eigenvalue weighted by Gasteiger charge is -2.09. The molecule has 1 heterocycles. The molecule has 2 nitrogen and oxygen atoms in total. The Kier molecular flexibility index (Phi) is 3.06. The lowest BCUT2D eigenvalue weighted by molar-refractivity contribution is 0.0340. The van der Waals surface area contributed by atoms with Crippen LogP contribution >= 0.6 is 11.6 Å². The first-order valence-corrected chi connectivity index (χ1v) is 5.11. The SMILES string of the molecule is C[C@@H](OCc1ccc(Cl)cc1)[C@@H]1CO1. The Bertz CT molecular complexity index is 293. The van der Waals surface area contributed by atoms with Gasteiger partial charge in [-0.2, -0.15) is 0 Å². The molecule has 0 bridgehead atoms. The number of rotatable bonds is 4. The predicted molar refractivity (Wildman–Crippen MR) is 55.4 cm³/mol. The van der Waals surface area contributed by atoms with Crippen LogP contribution in [-0.4, -0.2) is 18.8 Å². The molecule has 1 fully saturated rings. The van der Waals surface area contributed by atoms with Gasteiger partial charge in [-0.1, -0.05) is 23.7 Å². The van der Waals surface area contributed by atoms with Gasteiger partial charge in [-0.15, -0.1) is 0 Å². The van der Waals surface area contributed by atoms with Crippen molar-refractivity contribution in [2.45, 2.75) is 25.7 Å². The molecule has 2 rings (SSSR count). The topological polar surface area (TPSA) is 21.8 Å². The lowest BCUT2D eigenvalue weighted by Crippen LogP contribution is -2.14. The standard InChI is InChI=1S/C11H13ClO2/c1-8(11-7-14-11)13-6-9-2-4-10(12)5-3-9/h2-5,8,11H,6-7H2,1H3/t8-,11+/m1/s1. The van der Waals surface area contributed by atoms with E-state index in [1.807, 2.05) is 31.2 Å². The molecule has 1 aromatic rings. The van der Waals surface area contributed by atoms with Gasteiger partial charge in [-0.3, -0.25) is 0 Å². The predicted octanol–water partition coefficient (Wildman–Crippen LogP) is 2.64. The highest BCUT2D eigenvalue weighted by Crippen LogP contribution is 2.18. The maximum Gasteiger partial charge on any atom is 0.107 e. The molecular weight excluding hydrogens is 200 g/mol. The van der Waals surface area contributed by atoms with Gasteiger partial charge in [0.15, 0.2) is 0 Å². The minimum absolute atomic E-state index is 0.186. The number of hydrogen-bond acceptors (Lipinski definition) is 2. The van der Waals surface area contributed by atoms with Crippen LogP contribution in [0.2, 0.25) is 5.02 Å². The number of halogens is 1. The van der Waals surface area contributed by atoms with Crippen LogP contribution in [0.25, 0.3) is 0 Å². The molecule has 0 N–H and O–H groups in total. The molecule has 14 heavy (non-hydrogen) atoms. The Morgan fingerprint density at radius 2 is 2.14 bits per heavy atom. The van der Waals surface area contributed by atoms with Crippen molar-refractivity contribution in [1.29, 1.82) is 0 Å². The average molecular weight is 213 g/mol. The van der Waals surface area contributed by atoms with Gasteiger partial charge in [-0.05, 0) is 24.6 Å². The second kappa shape index (κ2) is 4.30. The summed E-state index contributed by atoms with van der Waals surface area (Å²) in [4.78, 5) is 0. The van der Waals surface area contributed by atoms with Gasteiger partial charge in [0, 0.05) is 5.02 Å². The second-order valence-electron chi connectivity index (χ2n) is 3.51. The third-order valence-corrected chi connectivity index (χ3v) is 2.56. The fourth-order valence-corrected chi connectivity index (χ4v) is 1.37. The van der Waals surface area contributed by atoms with Crippen molar-refractivity contribution in [3.8, 4) is 0 Å². The second-order valence-corrected chi connectivity index (χ2v) is 3.95. The van der Waals surface area contributed by atoms with Crippen LogP contribution in [0, 0.1) is 0 Å². The number of benzene rings is 1. The molecule has 1 aliphatic rings. The fourth-order valence-electron chi connectivity index (χ4n) is 1.24. The van der Waals surface area contributed by atoms with E-state index in [2.05, 4.69) is 0 Å². The third kappa shape index (κ3) is 2.71. The third-order valence-electron chi connectivity index (χ3n) is 2.31. The van der Waals surface area contributed by atoms with Crippen LogP contribution in [-0.2, 0) is 16.1 Å². The van der Waals surface area contributed by atoms with E-state index in [0.717, 1.165) is 17.2 Å². The quantitative estimate of drug-likeness (QED) is 0.716. The Labute approximate surface area is 88.8 Å². The maximum atomic E-state index is 5.77. The highest BCUT2D eigenvalue weighted by Gasteiger charge is 2.29. The van der Waals surface area contributed by atoms with E-state index >= 15 is 0 Å². The van der Waals surface area contributed by atoms with Crippen LogP contribution in [0.5, 0.6) is 0 Å².